The second-order valence-electron chi connectivity index (χ2n) is 7.40. The SMILES string of the molecule is CC1CCCN(c2ccc(C(=O)OCC(=O)Nc3cc(Cl)ccc3Cl)cc2[N+](=O)[O-])C1. The van der Waals surface area contributed by atoms with E-state index in [4.69, 9.17) is 27.9 Å². The molecule has 1 aliphatic heterocycles. The van der Waals surface area contributed by atoms with Crippen molar-refractivity contribution in [3.63, 3.8) is 0 Å². The number of anilines is 2. The number of hydrogen-bond donors (Lipinski definition) is 1. The van der Waals surface area contributed by atoms with Gasteiger partial charge in [-0.3, -0.25) is 14.9 Å². The van der Waals surface area contributed by atoms with Gasteiger partial charge in [0.15, 0.2) is 6.61 Å². The number of nitro groups is 1. The number of hydrogen-bond acceptors (Lipinski definition) is 6. The summed E-state index contributed by atoms with van der Waals surface area (Å²) >= 11 is 11.9. The number of amides is 1. The van der Waals surface area contributed by atoms with Gasteiger partial charge in [-0.25, -0.2) is 4.79 Å². The van der Waals surface area contributed by atoms with Crippen LogP contribution < -0.4 is 10.2 Å². The maximum atomic E-state index is 12.4. The molecule has 1 saturated heterocycles. The number of esters is 1. The van der Waals surface area contributed by atoms with E-state index in [1.807, 2.05) is 4.90 Å². The molecule has 1 heterocycles. The van der Waals surface area contributed by atoms with Crippen LogP contribution in [-0.4, -0.2) is 36.5 Å². The highest BCUT2D eigenvalue weighted by Gasteiger charge is 2.25. The lowest BCUT2D eigenvalue weighted by atomic mass is 9.99. The van der Waals surface area contributed by atoms with E-state index >= 15 is 0 Å². The zero-order valence-electron chi connectivity index (χ0n) is 16.8. The second kappa shape index (κ2) is 9.98. The van der Waals surface area contributed by atoms with E-state index in [9.17, 15) is 19.7 Å². The molecule has 0 aliphatic carbocycles. The predicted molar refractivity (Wildman–Crippen MR) is 119 cm³/mol. The molecule has 1 amide bonds. The first-order valence-electron chi connectivity index (χ1n) is 9.70. The first-order chi connectivity index (χ1) is 14.7. The number of nitrogens with one attached hydrogen (secondary N) is 1. The maximum absolute atomic E-state index is 12.4. The fourth-order valence-electron chi connectivity index (χ4n) is 3.47. The number of carbonyl (C=O) groups is 2. The van der Waals surface area contributed by atoms with Crippen LogP contribution in [0.15, 0.2) is 36.4 Å². The van der Waals surface area contributed by atoms with E-state index in [0.717, 1.165) is 25.9 Å². The third-order valence-electron chi connectivity index (χ3n) is 4.94. The van der Waals surface area contributed by atoms with Crippen molar-refractivity contribution in [2.24, 2.45) is 5.92 Å². The third kappa shape index (κ3) is 5.86. The van der Waals surface area contributed by atoms with Crippen LogP contribution in [0.1, 0.15) is 30.1 Å². The van der Waals surface area contributed by atoms with Crippen LogP contribution in [0.2, 0.25) is 10.0 Å². The number of ether oxygens (including phenoxy) is 1. The number of carbonyl (C=O) groups excluding carboxylic acids is 2. The zero-order valence-corrected chi connectivity index (χ0v) is 18.3. The number of rotatable bonds is 6. The summed E-state index contributed by atoms with van der Waals surface area (Å²) in [7, 11) is 0. The lowest BCUT2D eigenvalue weighted by Gasteiger charge is -2.32. The largest absolute Gasteiger partial charge is 0.452 e. The van der Waals surface area contributed by atoms with Crippen LogP contribution in [0.3, 0.4) is 0 Å². The van der Waals surface area contributed by atoms with Gasteiger partial charge in [0.05, 0.1) is 21.2 Å². The van der Waals surface area contributed by atoms with E-state index < -0.39 is 23.4 Å². The molecule has 8 nitrogen and oxygen atoms in total. The summed E-state index contributed by atoms with van der Waals surface area (Å²) in [6.07, 6.45) is 2.03. The van der Waals surface area contributed by atoms with Gasteiger partial charge in [-0.1, -0.05) is 30.1 Å². The average Bonchev–Trinajstić information content (AvgIpc) is 2.74. The number of nitrogens with zero attached hydrogens (tertiary/aromatic N) is 2. The summed E-state index contributed by atoms with van der Waals surface area (Å²) in [5.74, 6) is -1.02. The summed E-state index contributed by atoms with van der Waals surface area (Å²) < 4.78 is 5.01. The summed E-state index contributed by atoms with van der Waals surface area (Å²) in [6.45, 7) is 2.96. The van der Waals surface area contributed by atoms with E-state index in [1.54, 1.807) is 12.1 Å². The molecule has 2 aromatic rings. The van der Waals surface area contributed by atoms with Crippen LogP contribution in [-0.2, 0) is 9.53 Å². The Hall–Kier alpha value is -2.84. The van der Waals surface area contributed by atoms with Crippen molar-refractivity contribution >= 4 is 52.1 Å². The summed E-state index contributed by atoms with van der Waals surface area (Å²) in [4.78, 5) is 37.5. The van der Waals surface area contributed by atoms with Gasteiger partial charge < -0.3 is 15.0 Å². The zero-order chi connectivity index (χ0) is 22.5. The quantitative estimate of drug-likeness (QED) is 0.368. The van der Waals surface area contributed by atoms with Crippen molar-refractivity contribution in [3.8, 4) is 0 Å². The molecule has 1 fully saturated rings. The van der Waals surface area contributed by atoms with Crippen molar-refractivity contribution in [2.45, 2.75) is 19.8 Å². The molecule has 164 valence electrons. The Kier molecular flexibility index (Phi) is 7.35. The minimum Gasteiger partial charge on any atom is -0.452 e. The lowest BCUT2D eigenvalue weighted by Crippen LogP contribution is -2.34. The van der Waals surface area contributed by atoms with Crippen LogP contribution in [0.25, 0.3) is 0 Å². The molecule has 0 aromatic heterocycles. The summed E-state index contributed by atoms with van der Waals surface area (Å²) in [5, 5.41) is 14.7. The molecule has 2 aromatic carbocycles. The topological polar surface area (TPSA) is 102 Å². The lowest BCUT2D eigenvalue weighted by molar-refractivity contribution is -0.384. The maximum Gasteiger partial charge on any atom is 0.338 e. The first kappa shape index (κ1) is 22.8. The second-order valence-corrected chi connectivity index (χ2v) is 8.25. The van der Waals surface area contributed by atoms with Crippen LogP contribution in [0, 0.1) is 16.0 Å². The van der Waals surface area contributed by atoms with Gasteiger partial charge in [0.25, 0.3) is 11.6 Å². The van der Waals surface area contributed by atoms with Gasteiger partial charge in [0.1, 0.15) is 5.69 Å². The van der Waals surface area contributed by atoms with Gasteiger partial charge in [-0.05, 0) is 49.1 Å². The van der Waals surface area contributed by atoms with Crippen molar-refractivity contribution in [2.75, 3.05) is 29.9 Å². The van der Waals surface area contributed by atoms with Crippen LogP contribution in [0.4, 0.5) is 17.1 Å². The minimum absolute atomic E-state index is 0.00547. The monoisotopic (exact) mass is 465 g/mol. The van der Waals surface area contributed by atoms with E-state index in [-0.39, 0.29) is 22.0 Å². The molecule has 1 aliphatic rings. The van der Waals surface area contributed by atoms with Gasteiger partial charge >= 0.3 is 5.97 Å². The molecule has 0 spiro atoms. The molecule has 1 unspecified atom stereocenters. The van der Waals surface area contributed by atoms with Gasteiger partial charge in [-0.15, -0.1) is 0 Å². The Morgan fingerprint density at radius 2 is 2.03 bits per heavy atom. The number of halogens is 2. The molecular formula is C21H21Cl2N3O5. The molecule has 10 heteroatoms. The fourth-order valence-corrected chi connectivity index (χ4v) is 3.80. The smallest absolute Gasteiger partial charge is 0.338 e. The van der Waals surface area contributed by atoms with E-state index in [0.29, 0.717) is 16.6 Å². The highest BCUT2D eigenvalue weighted by atomic mass is 35.5. The Labute approximate surface area is 189 Å². The predicted octanol–water partition coefficient (Wildman–Crippen LogP) is 4.93. The standard InChI is InChI=1S/C21H21Cl2N3O5/c1-13-3-2-8-25(11-13)18-7-4-14(9-19(18)26(29)30)21(28)31-12-20(27)24-17-10-15(22)5-6-16(17)23/h4-7,9-10,13H,2-3,8,11-12H2,1H3,(H,24,27). The summed E-state index contributed by atoms with van der Waals surface area (Å²) in [5.41, 5.74) is 0.584. The molecule has 0 saturated carbocycles. The van der Waals surface area contributed by atoms with Gasteiger partial charge in [-0.2, -0.15) is 0 Å². The Morgan fingerprint density at radius 1 is 1.26 bits per heavy atom. The van der Waals surface area contributed by atoms with Crippen molar-refractivity contribution < 1.29 is 19.2 Å². The Morgan fingerprint density at radius 3 is 2.74 bits per heavy atom. The highest BCUT2D eigenvalue weighted by Crippen LogP contribution is 2.32. The molecule has 0 bridgehead atoms. The highest BCUT2D eigenvalue weighted by molar-refractivity contribution is 6.35. The van der Waals surface area contributed by atoms with E-state index in [2.05, 4.69) is 12.2 Å². The van der Waals surface area contributed by atoms with Crippen molar-refractivity contribution in [1.82, 2.24) is 0 Å². The van der Waals surface area contributed by atoms with Crippen molar-refractivity contribution in [1.29, 1.82) is 0 Å². The van der Waals surface area contributed by atoms with Gasteiger partial charge in [0, 0.05) is 24.2 Å². The van der Waals surface area contributed by atoms with Crippen LogP contribution >= 0.6 is 23.2 Å². The molecule has 1 N–H and O–H groups in total. The minimum atomic E-state index is -0.839. The Bertz CT molecular complexity index is 1010. The summed E-state index contributed by atoms with van der Waals surface area (Å²) in [6, 6.07) is 8.76. The number of benzene rings is 2. The molecule has 3 rings (SSSR count). The fraction of sp³-hybridized carbons (Fsp3) is 0.333. The molecule has 1 atom stereocenters. The molecule has 0 radical (unpaired) electrons. The third-order valence-corrected chi connectivity index (χ3v) is 5.51. The van der Waals surface area contributed by atoms with Crippen LogP contribution in [0.5, 0.6) is 0 Å². The van der Waals surface area contributed by atoms with Crippen molar-refractivity contribution in [3.05, 3.63) is 62.1 Å². The Balaban J connectivity index is 1.67. The van der Waals surface area contributed by atoms with Gasteiger partial charge in [0.2, 0.25) is 0 Å². The first-order valence-corrected chi connectivity index (χ1v) is 10.5. The molecule has 31 heavy (non-hydrogen) atoms. The number of piperidine rings is 1. The number of nitro benzene ring substituents is 1. The average molecular weight is 466 g/mol. The normalized spacial score (nSPS) is 16.0. The van der Waals surface area contributed by atoms with E-state index in [1.165, 1.54) is 24.3 Å². The molecular weight excluding hydrogens is 445 g/mol.